The molecular weight excluding hydrogens is 178 g/mol. The van der Waals surface area contributed by atoms with Crippen LogP contribution in [0.25, 0.3) is 0 Å². The monoisotopic (exact) mass is 199 g/mol. The van der Waals surface area contributed by atoms with Gasteiger partial charge in [0.25, 0.3) is 0 Å². The predicted octanol–water partition coefficient (Wildman–Crippen LogP) is -0.492. The summed E-state index contributed by atoms with van der Waals surface area (Å²) in [6, 6.07) is 1.01. The third-order valence-electron chi connectivity index (χ3n) is 2.45. The van der Waals surface area contributed by atoms with Crippen molar-refractivity contribution in [2.75, 3.05) is 20.6 Å². The van der Waals surface area contributed by atoms with E-state index in [1.807, 2.05) is 14.1 Å². The second-order valence-electron chi connectivity index (χ2n) is 4.06. The molecule has 1 rings (SSSR count). The van der Waals surface area contributed by atoms with Crippen LogP contribution in [0.3, 0.4) is 0 Å². The highest BCUT2D eigenvalue weighted by Gasteiger charge is 2.22. The maximum absolute atomic E-state index is 5.35. The van der Waals surface area contributed by atoms with Gasteiger partial charge in [-0.2, -0.15) is 0 Å². The van der Waals surface area contributed by atoms with Gasteiger partial charge < -0.3 is 10.2 Å². The molecule has 0 aromatic rings. The van der Waals surface area contributed by atoms with Crippen LogP contribution in [0.15, 0.2) is 4.99 Å². The fourth-order valence-corrected chi connectivity index (χ4v) is 0.941. The number of nitrogens with one attached hydrogen (secondary N) is 2. The van der Waals surface area contributed by atoms with E-state index in [4.69, 9.17) is 5.84 Å². The number of guanidine groups is 1. The van der Waals surface area contributed by atoms with Crippen molar-refractivity contribution in [2.24, 2.45) is 10.8 Å². The van der Waals surface area contributed by atoms with Crippen LogP contribution in [0.2, 0.25) is 0 Å². The highest BCUT2D eigenvalue weighted by Crippen LogP contribution is 2.18. The summed E-state index contributed by atoms with van der Waals surface area (Å²) >= 11 is 0. The Hall–Kier alpha value is -0.810. The van der Waals surface area contributed by atoms with Crippen LogP contribution in [0, 0.1) is 0 Å². The number of likely N-dealkylation sites (N-methyl/N-ethyl adjacent to an activating group) is 1. The SMILES string of the molecule is CC(CN=C(NN)NC1CC1)N(C)C. The van der Waals surface area contributed by atoms with Gasteiger partial charge in [-0.1, -0.05) is 0 Å². The van der Waals surface area contributed by atoms with Crippen molar-refractivity contribution < 1.29 is 0 Å². The summed E-state index contributed by atoms with van der Waals surface area (Å²) in [7, 11) is 4.09. The molecular formula is C9H21N5. The topological polar surface area (TPSA) is 65.7 Å². The lowest BCUT2D eigenvalue weighted by molar-refractivity contribution is 0.320. The van der Waals surface area contributed by atoms with Gasteiger partial charge in [0.05, 0.1) is 6.54 Å². The van der Waals surface area contributed by atoms with Crippen molar-refractivity contribution >= 4 is 5.96 Å². The number of hydrogen-bond acceptors (Lipinski definition) is 3. The molecule has 1 saturated carbocycles. The van der Waals surface area contributed by atoms with Crippen LogP contribution in [-0.4, -0.2) is 43.6 Å². The number of nitrogens with two attached hydrogens (primary N) is 1. The maximum Gasteiger partial charge on any atom is 0.206 e. The minimum atomic E-state index is 0.430. The third-order valence-corrected chi connectivity index (χ3v) is 2.45. The zero-order chi connectivity index (χ0) is 10.6. The smallest absolute Gasteiger partial charge is 0.206 e. The fourth-order valence-electron chi connectivity index (χ4n) is 0.941. The molecule has 0 aromatic heterocycles. The van der Waals surface area contributed by atoms with E-state index in [1.54, 1.807) is 0 Å². The summed E-state index contributed by atoms with van der Waals surface area (Å²) in [5.41, 5.74) is 2.59. The van der Waals surface area contributed by atoms with Crippen LogP contribution in [0.5, 0.6) is 0 Å². The van der Waals surface area contributed by atoms with Crippen molar-refractivity contribution in [1.29, 1.82) is 0 Å². The minimum absolute atomic E-state index is 0.430. The predicted molar refractivity (Wildman–Crippen MR) is 58.9 cm³/mol. The van der Waals surface area contributed by atoms with Crippen LogP contribution in [0.4, 0.5) is 0 Å². The van der Waals surface area contributed by atoms with E-state index in [0.717, 1.165) is 6.54 Å². The van der Waals surface area contributed by atoms with Gasteiger partial charge in [-0.05, 0) is 33.9 Å². The first kappa shape index (κ1) is 11.3. The second-order valence-corrected chi connectivity index (χ2v) is 4.06. The summed E-state index contributed by atoms with van der Waals surface area (Å²) in [5, 5.41) is 3.23. The van der Waals surface area contributed by atoms with Gasteiger partial charge in [0, 0.05) is 12.1 Å². The average molecular weight is 199 g/mol. The lowest BCUT2D eigenvalue weighted by atomic mass is 10.3. The molecule has 1 atom stereocenters. The average Bonchev–Trinajstić information content (AvgIpc) is 2.95. The molecule has 5 heteroatoms. The summed E-state index contributed by atoms with van der Waals surface area (Å²) < 4.78 is 0. The zero-order valence-corrected chi connectivity index (χ0v) is 9.25. The second kappa shape index (κ2) is 5.17. The Morgan fingerprint density at radius 1 is 1.57 bits per heavy atom. The number of rotatable bonds is 4. The van der Waals surface area contributed by atoms with Gasteiger partial charge in [0.15, 0.2) is 0 Å². The molecule has 82 valence electrons. The van der Waals surface area contributed by atoms with E-state index in [0.29, 0.717) is 18.0 Å². The van der Waals surface area contributed by atoms with E-state index in [9.17, 15) is 0 Å². The Morgan fingerprint density at radius 3 is 2.64 bits per heavy atom. The van der Waals surface area contributed by atoms with Gasteiger partial charge >= 0.3 is 0 Å². The Bertz CT molecular complexity index is 197. The largest absolute Gasteiger partial charge is 0.353 e. The molecule has 0 aromatic carbocycles. The fraction of sp³-hybridized carbons (Fsp3) is 0.889. The Kier molecular flexibility index (Phi) is 4.16. The van der Waals surface area contributed by atoms with Crippen molar-refractivity contribution in [1.82, 2.24) is 15.6 Å². The van der Waals surface area contributed by atoms with Crippen LogP contribution in [0.1, 0.15) is 19.8 Å². The van der Waals surface area contributed by atoms with Gasteiger partial charge in [-0.25, -0.2) is 5.84 Å². The molecule has 0 bridgehead atoms. The van der Waals surface area contributed by atoms with Crippen molar-refractivity contribution in [2.45, 2.75) is 31.8 Å². The molecule has 0 aliphatic heterocycles. The molecule has 0 heterocycles. The van der Waals surface area contributed by atoms with Crippen LogP contribution in [-0.2, 0) is 0 Å². The number of aliphatic imine (C=N–C) groups is 1. The molecule has 1 unspecified atom stereocenters. The van der Waals surface area contributed by atoms with E-state index in [2.05, 4.69) is 27.6 Å². The minimum Gasteiger partial charge on any atom is -0.353 e. The molecule has 1 aliphatic carbocycles. The molecule has 0 spiro atoms. The highest BCUT2D eigenvalue weighted by atomic mass is 15.3. The maximum atomic E-state index is 5.35. The summed E-state index contributed by atoms with van der Waals surface area (Å²) in [5.74, 6) is 6.06. The Balaban J connectivity index is 2.30. The van der Waals surface area contributed by atoms with E-state index < -0.39 is 0 Å². The molecule has 1 aliphatic rings. The molecule has 5 nitrogen and oxygen atoms in total. The Labute approximate surface area is 85.7 Å². The van der Waals surface area contributed by atoms with Gasteiger partial charge in [-0.3, -0.25) is 10.4 Å². The molecule has 4 N–H and O–H groups in total. The normalized spacial score (nSPS) is 19.6. The Morgan fingerprint density at radius 2 is 2.21 bits per heavy atom. The van der Waals surface area contributed by atoms with E-state index in [-0.39, 0.29) is 0 Å². The summed E-state index contributed by atoms with van der Waals surface area (Å²) in [4.78, 5) is 6.50. The highest BCUT2D eigenvalue weighted by molar-refractivity contribution is 5.79. The standard InChI is InChI=1S/C9H21N5/c1-7(14(2)3)6-11-9(13-10)12-8-4-5-8/h7-8H,4-6,10H2,1-3H3,(H2,11,12,13). The third kappa shape index (κ3) is 3.93. The first-order valence-corrected chi connectivity index (χ1v) is 5.07. The lowest BCUT2D eigenvalue weighted by Crippen LogP contribution is -2.43. The first-order valence-electron chi connectivity index (χ1n) is 5.07. The molecule has 14 heavy (non-hydrogen) atoms. The summed E-state index contributed by atoms with van der Waals surface area (Å²) in [6.07, 6.45) is 2.45. The number of hydrazine groups is 1. The molecule has 0 saturated heterocycles. The molecule has 0 radical (unpaired) electrons. The summed E-state index contributed by atoms with van der Waals surface area (Å²) in [6.45, 7) is 2.89. The first-order chi connectivity index (χ1) is 6.63. The van der Waals surface area contributed by atoms with Crippen molar-refractivity contribution in [3.8, 4) is 0 Å². The van der Waals surface area contributed by atoms with Crippen molar-refractivity contribution in [3.05, 3.63) is 0 Å². The van der Waals surface area contributed by atoms with Crippen molar-refractivity contribution in [3.63, 3.8) is 0 Å². The van der Waals surface area contributed by atoms with E-state index >= 15 is 0 Å². The van der Waals surface area contributed by atoms with Crippen LogP contribution < -0.4 is 16.6 Å². The number of hydrogen-bond donors (Lipinski definition) is 3. The molecule has 1 fully saturated rings. The quantitative estimate of drug-likeness (QED) is 0.247. The lowest BCUT2D eigenvalue weighted by Gasteiger charge is -2.18. The van der Waals surface area contributed by atoms with Crippen LogP contribution >= 0.6 is 0 Å². The van der Waals surface area contributed by atoms with E-state index in [1.165, 1.54) is 12.8 Å². The van der Waals surface area contributed by atoms with Gasteiger partial charge in [0.2, 0.25) is 5.96 Å². The van der Waals surface area contributed by atoms with Gasteiger partial charge in [-0.15, -0.1) is 0 Å². The molecule has 0 amide bonds. The zero-order valence-electron chi connectivity index (χ0n) is 9.25. The number of nitrogens with zero attached hydrogens (tertiary/aromatic N) is 2. The van der Waals surface area contributed by atoms with Gasteiger partial charge in [0.1, 0.15) is 0 Å².